The van der Waals surface area contributed by atoms with E-state index in [4.69, 9.17) is 18.3 Å². The molecule has 1 aliphatic rings. The fraction of sp³-hybridized carbons (Fsp3) is 0.0526. The van der Waals surface area contributed by atoms with Gasteiger partial charge in [0.05, 0.1) is 18.1 Å². The van der Waals surface area contributed by atoms with Gasteiger partial charge in [-0.1, -0.05) is 0 Å². The molecule has 0 atom stereocenters. The number of ether oxygens (including phenoxy) is 2. The van der Waals surface area contributed by atoms with Crippen molar-refractivity contribution in [3.05, 3.63) is 77.3 Å². The predicted octanol–water partition coefficient (Wildman–Crippen LogP) is 4.02. The van der Waals surface area contributed by atoms with Gasteiger partial charge in [-0.25, -0.2) is 4.79 Å². The predicted molar refractivity (Wildman–Crippen MR) is 86.5 cm³/mol. The Morgan fingerprint density at radius 3 is 2.60 bits per heavy atom. The zero-order valence-corrected chi connectivity index (χ0v) is 13.1. The van der Waals surface area contributed by atoms with E-state index < -0.39 is 5.97 Å². The number of benzene rings is 1. The van der Waals surface area contributed by atoms with Gasteiger partial charge in [0.15, 0.2) is 5.76 Å². The zero-order valence-electron chi connectivity index (χ0n) is 13.1. The normalized spacial score (nSPS) is 14.4. The van der Waals surface area contributed by atoms with Crippen LogP contribution in [0, 0.1) is 6.92 Å². The van der Waals surface area contributed by atoms with Gasteiger partial charge in [-0.2, -0.15) is 0 Å². The first-order valence-electron chi connectivity index (χ1n) is 7.50. The summed E-state index contributed by atoms with van der Waals surface area (Å²) in [5, 5.41) is 0. The number of hydrogen-bond donors (Lipinski definition) is 0. The van der Waals surface area contributed by atoms with E-state index in [2.05, 4.69) is 0 Å². The highest BCUT2D eigenvalue weighted by Gasteiger charge is 2.31. The van der Waals surface area contributed by atoms with Crippen LogP contribution < -0.4 is 9.47 Å². The highest BCUT2D eigenvalue weighted by Crippen LogP contribution is 2.39. The Bertz CT molecular complexity index is 977. The van der Waals surface area contributed by atoms with E-state index in [9.17, 15) is 9.59 Å². The number of ketones is 1. The maximum atomic E-state index is 12.4. The number of Topliss-reactive ketones (excluding diaryl/α,β-unsaturated/α-hetero) is 1. The maximum Gasteiger partial charge on any atom is 0.379 e. The van der Waals surface area contributed by atoms with Gasteiger partial charge < -0.3 is 18.3 Å². The lowest BCUT2D eigenvalue weighted by atomic mass is 10.1. The Hall–Kier alpha value is -3.54. The van der Waals surface area contributed by atoms with Crippen LogP contribution in [0.25, 0.3) is 6.08 Å². The van der Waals surface area contributed by atoms with Crippen LogP contribution in [0.5, 0.6) is 11.5 Å². The third-order valence-corrected chi connectivity index (χ3v) is 3.78. The molecule has 0 saturated heterocycles. The highest BCUT2D eigenvalue weighted by molar-refractivity contribution is 6.14. The lowest BCUT2D eigenvalue weighted by Gasteiger charge is -2.09. The van der Waals surface area contributed by atoms with Crippen LogP contribution in [-0.4, -0.2) is 11.8 Å². The summed E-state index contributed by atoms with van der Waals surface area (Å²) in [5.41, 5.74) is 0.960. The van der Waals surface area contributed by atoms with Crippen LogP contribution in [0.3, 0.4) is 0 Å². The minimum absolute atomic E-state index is 0.0929. The van der Waals surface area contributed by atoms with E-state index in [0.29, 0.717) is 28.4 Å². The molecule has 6 nitrogen and oxygen atoms in total. The molecule has 0 bridgehead atoms. The lowest BCUT2D eigenvalue weighted by molar-refractivity contribution is 0.0700. The van der Waals surface area contributed by atoms with Gasteiger partial charge in [0.25, 0.3) is 0 Å². The van der Waals surface area contributed by atoms with Gasteiger partial charge in [0.2, 0.25) is 11.5 Å². The summed E-state index contributed by atoms with van der Waals surface area (Å²) in [6.07, 6.45) is 4.42. The first-order valence-corrected chi connectivity index (χ1v) is 7.50. The number of carbonyl (C=O) groups excluding carboxylic acids is 2. The molecule has 0 saturated carbocycles. The topological polar surface area (TPSA) is 78.9 Å². The summed E-state index contributed by atoms with van der Waals surface area (Å²) in [5.74, 6) is 0.554. The Balaban J connectivity index is 1.64. The van der Waals surface area contributed by atoms with Crippen molar-refractivity contribution in [3.8, 4) is 11.5 Å². The number of hydrogen-bond acceptors (Lipinski definition) is 6. The average molecular weight is 336 g/mol. The summed E-state index contributed by atoms with van der Waals surface area (Å²) < 4.78 is 21.2. The van der Waals surface area contributed by atoms with Gasteiger partial charge >= 0.3 is 5.97 Å². The number of fused-ring (bicyclic) bond motifs is 1. The summed E-state index contributed by atoms with van der Waals surface area (Å²) in [4.78, 5) is 24.5. The van der Waals surface area contributed by atoms with Crippen LogP contribution in [0.15, 0.2) is 63.5 Å². The molecule has 2 aromatic heterocycles. The van der Waals surface area contributed by atoms with Crippen LogP contribution in [0.4, 0.5) is 0 Å². The monoisotopic (exact) mass is 336 g/mol. The average Bonchev–Trinajstić information content (AvgIpc) is 3.34. The molecule has 0 amide bonds. The van der Waals surface area contributed by atoms with Crippen molar-refractivity contribution in [2.45, 2.75) is 6.92 Å². The van der Waals surface area contributed by atoms with E-state index >= 15 is 0 Å². The number of esters is 1. The quantitative estimate of drug-likeness (QED) is 0.408. The van der Waals surface area contributed by atoms with E-state index in [-0.39, 0.29) is 17.3 Å². The van der Waals surface area contributed by atoms with E-state index in [1.54, 1.807) is 37.3 Å². The first kappa shape index (κ1) is 15.0. The van der Waals surface area contributed by atoms with Crippen molar-refractivity contribution in [2.75, 3.05) is 0 Å². The zero-order chi connectivity index (χ0) is 17.4. The van der Waals surface area contributed by atoms with Gasteiger partial charge in [0, 0.05) is 11.6 Å². The Morgan fingerprint density at radius 1 is 1.08 bits per heavy atom. The van der Waals surface area contributed by atoms with Gasteiger partial charge in [-0.3, -0.25) is 4.79 Å². The Labute approximate surface area is 142 Å². The molecular formula is C19H12O6. The molecule has 6 heteroatoms. The third kappa shape index (κ3) is 2.63. The van der Waals surface area contributed by atoms with Crippen molar-refractivity contribution in [3.63, 3.8) is 0 Å². The second-order valence-corrected chi connectivity index (χ2v) is 5.39. The van der Waals surface area contributed by atoms with E-state index in [1.165, 1.54) is 24.7 Å². The molecule has 3 heterocycles. The fourth-order valence-electron chi connectivity index (χ4n) is 2.53. The maximum absolute atomic E-state index is 12.4. The molecule has 0 aliphatic carbocycles. The van der Waals surface area contributed by atoms with Crippen molar-refractivity contribution in [1.29, 1.82) is 0 Å². The molecule has 25 heavy (non-hydrogen) atoms. The number of allylic oxidation sites excluding steroid dienone is 1. The number of furan rings is 2. The summed E-state index contributed by atoms with van der Waals surface area (Å²) in [6.45, 7) is 1.71. The standard InChI is InChI=1S/C19H12O6/c1-11-14(25-19(21)15-5-3-9-23-15)7-6-13-17(20)16(24-18(11)13)10-12-4-2-8-22-12/h2-10H,1H3/b16-10-. The molecule has 4 rings (SSSR count). The summed E-state index contributed by atoms with van der Waals surface area (Å²) in [6, 6.07) is 9.67. The molecule has 0 unspecified atom stereocenters. The van der Waals surface area contributed by atoms with E-state index in [0.717, 1.165) is 0 Å². The van der Waals surface area contributed by atoms with Crippen LogP contribution in [-0.2, 0) is 0 Å². The number of rotatable bonds is 3. The molecule has 1 aromatic carbocycles. The molecule has 124 valence electrons. The van der Waals surface area contributed by atoms with Gasteiger partial charge in [0.1, 0.15) is 17.3 Å². The highest BCUT2D eigenvalue weighted by atomic mass is 16.5. The van der Waals surface area contributed by atoms with Gasteiger partial charge in [-0.05, 0) is 43.3 Å². The molecule has 0 fully saturated rings. The molecule has 0 N–H and O–H groups in total. The van der Waals surface area contributed by atoms with Crippen molar-refractivity contribution in [2.24, 2.45) is 0 Å². The lowest BCUT2D eigenvalue weighted by Crippen LogP contribution is -2.08. The van der Waals surface area contributed by atoms with Crippen molar-refractivity contribution < 1.29 is 27.9 Å². The van der Waals surface area contributed by atoms with Crippen LogP contribution in [0.1, 0.15) is 32.2 Å². The Kier molecular flexibility index (Phi) is 3.50. The fourth-order valence-corrected chi connectivity index (χ4v) is 2.53. The molecule has 3 aromatic rings. The minimum Gasteiger partial charge on any atom is -0.465 e. The second-order valence-electron chi connectivity index (χ2n) is 5.39. The largest absolute Gasteiger partial charge is 0.465 e. The first-order chi connectivity index (χ1) is 12.1. The molecule has 0 radical (unpaired) electrons. The third-order valence-electron chi connectivity index (χ3n) is 3.78. The minimum atomic E-state index is -0.622. The molecule has 1 aliphatic heterocycles. The van der Waals surface area contributed by atoms with Crippen molar-refractivity contribution in [1.82, 2.24) is 0 Å². The number of carbonyl (C=O) groups is 2. The van der Waals surface area contributed by atoms with Gasteiger partial charge in [-0.15, -0.1) is 0 Å². The molecular weight excluding hydrogens is 324 g/mol. The van der Waals surface area contributed by atoms with Crippen LogP contribution >= 0.6 is 0 Å². The van der Waals surface area contributed by atoms with Crippen molar-refractivity contribution >= 4 is 17.8 Å². The van der Waals surface area contributed by atoms with E-state index in [1.807, 2.05) is 0 Å². The smallest absolute Gasteiger partial charge is 0.379 e. The second kappa shape index (κ2) is 5.83. The summed E-state index contributed by atoms with van der Waals surface area (Å²) in [7, 11) is 0. The summed E-state index contributed by atoms with van der Waals surface area (Å²) >= 11 is 0. The van der Waals surface area contributed by atoms with Crippen LogP contribution in [0.2, 0.25) is 0 Å². The SMILES string of the molecule is Cc1c(OC(=O)c2ccco2)ccc2c1O/C(=C\c1ccco1)C2=O. The molecule has 0 spiro atoms. The Morgan fingerprint density at radius 2 is 1.88 bits per heavy atom.